The van der Waals surface area contributed by atoms with Crippen molar-refractivity contribution in [3.05, 3.63) is 29.3 Å². The van der Waals surface area contributed by atoms with E-state index in [1.54, 1.807) is 0 Å². The van der Waals surface area contributed by atoms with E-state index in [2.05, 4.69) is 43.9 Å². The number of nitrogens with zero attached hydrogens (tertiary/aromatic N) is 1. The monoisotopic (exact) mass is 319 g/mol. The fraction of sp³-hybridized carbons (Fsp3) is 0.579. The molecule has 0 radical (unpaired) electrons. The molecular weight excluding hydrogens is 290 g/mol. The van der Waals surface area contributed by atoms with E-state index in [4.69, 9.17) is 4.74 Å². The zero-order valence-corrected chi connectivity index (χ0v) is 15.0. The maximum atomic E-state index is 11.7. The third kappa shape index (κ3) is 6.05. The quantitative estimate of drug-likeness (QED) is 0.649. The van der Waals surface area contributed by atoms with Crippen molar-refractivity contribution in [1.29, 1.82) is 0 Å². The Morgan fingerprint density at radius 3 is 2.39 bits per heavy atom. The summed E-state index contributed by atoms with van der Waals surface area (Å²) in [6.45, 7) is 9.46. The number of Topliss-reactive ketones (excluding diaryl/α,β-unsaturated/α-hetero) is 1. The Kier molecular flexibility index (Phi) is 7.79. The van der Waals surface area contributed by atoms with E-state index in [0.29, 0.717) is 38.3 Å². The highest BCUT2D eigenvalue weighted by Gasteiger charge is 2.14. The smallest absolute Gasteiger partial charge is 0.307 e. The van der Waals surface area contributed by atoms with E-state index in [0.717, 1.165) is 11.3 Å². The first-order valence-corrected chi connectivity index (χ1v) is 8.33. The third-order valence-electron chi connectivity index (χ3n) is 4.11. The molecule has 0 amide bonds. The van der Waals surface area contributed by atoms with Gasteiger partial charge in [-0.2, -0.15) is 0 Å². The molecule has 0 aliphatic carbocycles. The number of methoxy groups -OCH3 is 1. The number of hydrogen-bond donors (Lipinski definition) is 0. The molecule has 0 heterocycles. The maximum absolute atomic E-state index is 11.7. The second-order valence-corrected chi connectivity index (χ2v) is 6.16. The molecule has 0 N–H and O–H groups in total. The van der Waals surface area contributed by atoms with E-state index in [1.807, 2.05) is 6.92 Å². The number of ether oxygens (including phenoxy) is 1. The number of aryl methyl sites for hydroxylation is 1. The van der Waals surface area contributed by atoms with Crippen LogP contribution in [0.5, 0.6) is 0 Å². The molecule has 0 saturated carbocycles. The molecule has 1 rings (SSSR count). The summed E-state index contributed by atoms with van der Waals surface area (Å²) >= 11 is 0. The first-order chi connectivity index (χ1) is 10.9. The molecule has 128 valence electrons. The molecular formula is C19H29NO3. The first-order valence-electron chi connectivity index (χ1n) is 8.33. The van der Waals surface area contributed by atoms with Gasteiger partial charge >= 0.3 is 5.97 Å². The summed E-state index contributed by atoms with van der Waals surface area (Å²) < 4.78 is 4.74. The molecule has 4 nitrogen and oxygen atoms in total. The summed E-state index contributed by atoms with van der Waals surface area (Å²) in [7, 11) is 1.40. The standard InChI is InChI=1S/C19H29NO3/c1-6-17(21)9-11-20(12-10-19(22)23-5)18-13-16(14(2)3)8-7-15(18)4/h7-8,13-14H,6,9-12H2,1-5H3. The van der Waals surface area contributed by atoms with Crippen molar-refractivity contribution in [2.24, 2.45) is 0 Å². The predicted molar refractivity (Wildman–Crippen MR) is 94.0 cm³/mol. The topological polar surface area (TPSA) is 46.6 Å². The summed E-state index contributed by atoms with van der Waals surface area (Å²) in [5, 5.41) is 0. The fourth-order valence-electron chi connectivity index (χ4n) is 2.44. The van der Waals surface area contributed by atoms with Gasteiger partial charge in [0.2, 0.25) is 0 Å². The molecule has 0 saturated heterocycles. The normalized spacial score (nSPS) is 10.7. The Morgan fingerprint density at radius 1 is 1.17 bits per heavy atom. The lowest BCUT2D eigenvalue weighted by Gasteiger charge is -2.27. The maximum Gasteiger partial charge on any atom is 0.307 e. The highest BCUT2D eigenvalue weighted by Crippen LogP contribution is 2.26. The largest absolute Gasteiger partial charge is 0.469 e. The van der Waals surface area contributed by atoms with Gasteiger partial charge in [-0.05, 0) is 30.0 Å². The molecule has 0 fully saturated rings. The number of hydrogen-bond acceptors (Lipinski definition) is 4. The van der Waals surface area contributed by atoms with Gasteiger partial charge in [0.25, 0.3) is 0 Å². The van der Waals surface area contributed by atoms with Crippen LogP contribution in [0.15, 0.2) is 18.2 Å². The molecule has 0 aromatic heterocycles. The summed E-state index contributed by atoms with van der Waals surface area (Å²) in [6.07, 6.45) is 1.38. The van der Waals surface area contributed by atoms with Gasteiger partial charge in [0.15, 0.2) is 0 Å². The number of benzene rings is 1. The number of ketones is 1. The van der Waals surface area contributed by atoms with E-state index in [9.17, 15) is 9.59 Å². The molecule has 23 heavy (non-hydrogen) atoms. The summed E-state index contributed by atoms with van der Waals surface area (Å²) in [5.74, 6) is 0.453. The Hall–Kier alpha value is -1.84. The van der Waals surface area contributed by atoms with Gasteiger partial charge in [-0.15, -0.1) is 0 Å². The van der Waals surface area contributed by atoms with Crippen LogP contribution in [0.2, 0.25) is 0 Å². The van der Waals surface area contributed by atoms with Crippen LogP contribution >= 0.6 is 0 Å². The van der Waals surface area contributed by atoms with E-state index in [1.165, 1.54) is 12.7 Å². The van der Waals surface area contributed by atoms with Gasteiger partial charge in [-0.25, -0.2) is 0 Å². The number of rotatable bonds is 9. The van der Waals surface area contributed by atoms with Crippen LogP contribution in [0, 0.1) is 6.92 Å². The molecule has 0 atom stereocenters. The van der Waals surface area contributed by atoms with Crippen molar-refractivity contribution in [1.82, 2.24) is 0 Å². The molecule has 4 heteroatoms. The third-order valence-corrected chi connectivity index (χ3v) is 4.11. The number of carbonyl (C=O) groups excluding carboxylic acids is 2. The Labute approximate surface area is 139 Å². The molecule has 0 aliphatic heterocycles. The van der Waals surface area contributed by atoms with Crippen LogP contribution in [0.1, 0.15) is 57.1 Å². The minimum Gasteiger partial charge on any atom is -0.469 e. The Morgan fingerprint density at radius 2 is 1.83 bits per heavy atom. The SMILES string of the molecule is CCC(=O)CCN(CCC(=O)OC)c1cc(C(C)C)ccc1C. The molecule has 0 bridgehead atoms. The van der Waals surface area contributed by atoms with Crippen molar-refractivity contribution in [3.63, 3.8) is 0 Å². The molecule has 1 aromatic carbocycles. The highest BCUT2D eigenvalue weighted by molar-refractivity contribution is 5.78. The van der Waals surface area contributed by atoms with Gasteiger partial charge in [0.1, 0.15) is 5.78 Å². The van der Waals surface area contributed by atoms with E-state index < -0.39 is 0 Å². The molecule has 0 aliphatic rings. The first kappa shape index (κ1) is 19.2. The minimum absolute atomic E-state index is 0.227. The zero-order chi connectivity index (χ0) is 17.4. The van der Waals surface area contributed by atoms with Gasteiger partial charge < -0.3 is 9.64 Å². The van der Waals surface area contributed by atoms with Crippen LogP contribution in [0.3, 0.4) is 0 Å². The summed E-state index contributed by atoms with van der Waals surface area (Å²) in [4.78, 5) is 25.3. The van der Waals surface area contributed by atoms with Crippen molar-refractivity contribution < 1.29 is 14.3 Å². The van der Waals surface area contributed by atoms with Crippen LogP contribution in [-0.2, 0) is 14.3 Å². The van der Waals surface area contributed by atoms with Crippen molar-refractivity contribution in [3.8, 4) is 0 Å². The van der Waals surface area contributed by atoms with Crippen LogP contribution in [0.25, 0.3) is 0 Å². The number of esters is 1. The molecule has 0 spiro atoms. The Bertz CT molecular complexity index is 517. The van der Waals surface area contributed by atoms with Gasteiger partial charge in [-0.3, -0.25) is 9.59 Å². The number of carbonyl (C=O) groups is 2. The lowest BCUT2D eigenvalue weighted by atomic mass is 10.00. The van der Waals surface area contributed by atoms with Crippen molar-refractivity contribution in [2.75, 3.05) is 25.1 Å². The van der Waals surface area contributed by atoms with Crippen molar-refractivity contribution in [2.45, 2.75) is 52.9 Å². The second kappa shape index (κ2) is 9.33. The van der Waals surface area contributed by atoms with Crippen molar-refractivity contribution >= 4 is 17.4 Å². The zero-order valence-electron chi connectivity index (χ0n) is 15.0. The average molecular weight is 319 g/mol. The lowest BCUT2D eigenvalue weighted by molar-refractivity contribution is -0.140. The van der Waals surface area contributed by atoms with Gasteiger partial charge in [-0.1, -0.05) is 32.9 Å². The van der Waals surface area contributed by atoms with Gasteiger partial charge in [0, 0.05) is 31.6 Å². The second-order valence-electron chi connectivity index (χ2n) is 6.16. The van der Waals surface area contributed by atoms with E-state index in [-0.39, 0.29) is 11.8 Å². The van der Waals surface area contributed by atoms with Crippen LogP contribution < -0.4 is 4.90 Å². The minimum atomic E-state index is -0.227. The van der Waals surface area contributed by atoms with E-state index >= 15 is 0 Å². The molecule has 0 unspecified atom stereocenters. The molecule has 1 aromatic rings. The number of anilines is 1. The summed E-state index contributed by atoms with van der Waals surface area (Å²) in [6, 6.07) is 6.42. The predicted octanol–water partition coefficient (Wildman–Crippen LogP) is 3.86. The summed E-state index contributed by atoms with van der Waals surface area (Å²) in [5.41, 5.74) is 3.52. The van der Waals surface area contributed by atoms with Crippen LogP contribution in [-0.4, -0.2) is 32.0 Å². The Balaban J connectivity index is 2.99. The average Bonchev–Trinajstić information content (AvgIpc) is 2.54. The van der Waals surface area contributed by atoms with Gasteiger partial charge in [0.05, 0.1) is 13.5 Å². The highest BCUT2D eigenvalue weighted by atomic mass is 16.5. The van der Waals surface area contributed by atoms with Crippen LogP contribution in [0.4, 0.5) is 5.69 Å². The fourth-order valence-corrected chi connectivity index (χ4v) is 2.44. The lowest BCUT2D eigenvalue weighted by Crippen LogP contribution is -2.29.